The van der Waals surface area contributed by atoms with Crippen LogP contribution in [0.25, 0.3) is 0 Å². The Morgan fingerprint density at radius 3 is 2.92 bits per heavy atom. The van der Waals surface area contributed by atoms with Crippen molar-refractivity contribution >= 4 is 0 Å². The van der Waals surface area contributed by atoms with Crippen LogP contribution in [-0.2, 0) is 12.8 Å². The van der Waals surface area contributed by atoms with Crippen LogP contribution < -0.4 is 5.73 Å². The highest BCUT2D eigenvalue weighted by Gasteiger charge is 2.20. The summed E-state index contributed by atoms with van der Waals surface area (Å²) in [6.45, 7) is 4.18. The maximum Gasteiger partial charge on any atom is 0.0457 e. The zero-order valence-electron chi connectivity index (χ0n) is 7.59. The number of hydrogen-bond donors (Lipinski definition) is 1. The molecule has 0 aromatic carbocycles. The number of hydrogen-bond acceptors (Lipinski definition) is 2. The molecule has 0 saturated carbocycles. The molecule has 0 saturated heterocycles. The van der Waals surface area contributed by atoms with Crippen molar-refractivity contribution in [3.63, 3.8) is 0 Å². The summed E-state index contributed by atoms with van der Waals surface area (Å²) in [4.78, 5) is 4.48. The van der Waals surface area contributed by atoms with E-state index in [1.165, 1.54) is 16.8 Å². The molecule has 1 atom stereocenters. The fourth-order valence-corrected chi connectivity index (χ4v) is 1.97. The number of fused-ring (bicyclic) bond motifs is 1. The molecule has 0 amide bonds. The average Bonchev–Trinajstić information content (AvgIpc) is 2.29. The first-order chi connectivity index (χ1) is 5.66. The third-order valence-electron chi connectivity index (χ3n) is 2.48. The number of nitrogens with zero attached hydrogens (tertiary/aromatic N) is 1. The fraction of sp³-hybridized carbons (Fsp3) is 0.500. The van der Waals surface area contributed by atoms with E-state index in [2.05, 4.69) is 18.0 Å². The number of aryl methyl sites for hydroxylation is 2. The molecule has 2 heteroatoms. The Labute approximate surface area is 72.8 Å². The van der Waals surface area contributed by atoms with Crippen LogP contribution in [0.3, 0.4) is 0 Å². The summed E-state index contributed by atoms with van der Waals surface area (Å²) in [7, 11) is 0. The predicted octanol–water partition coefficient (Wildman–Crippen LogP) is 1.12. The van der Waals surface area contributed by atoms with Crippen molar-refractivity contribution in [2.75, 3.05) is 0 Å². The lowest BCUT2D eigenvalue weighted by Gasteiger charge is -2.03. The zero-order chi connectivity index (χ0) is 8.72. The largest absolute Gasteiger partial charge is 0.327 e. The van der Waals surface area contributed by atoms with Gasteiger partial charge in [0, 0.05) is 23.9 Å². The standard InChI is InChI=1S/C10H14N2/c1-6-3-7(2)12-10-5-8(11)4-9(6)10/h3,8H,4-5,11H2,1-2H3. The van der Waals surface area contributed by atoms with Gasteiger partial charge in [-0.05, 0) is 37.5 Å². The second-order valence-electron chi connectivity index (χ2n) is 3.67. The Bertz CT molecular complexity index is 318. The monoisotopic (exact) mass is 162 g/mol. The second-order valence-corrected chi connectivity index (χ2v) is 3.67. The molecule has 1 aliphatic rings. The molecular formula is C10H14N2. The normalized spacial score (nSPS) is 21.1. The Morgan fingerprint density at radius 2 is 2.17 bits per heavy atom. The summed E-state index contributed by atoms with van der Waals surface area (Å²) in [6, 6.07) is 2.43. The van der Waals surface area contributed by atoms with E-state index in [9.17, 15) is 0 Å². The average molecular weight is 162 g/mol. The lowest BCUT2D eigenvalue weighted by Crippen LogP contribution is -2.19. The molecule has 0 bridgehead atoms. The summed E-state index contributed by atoms with van der Waals surface area (Å²) in [6.07, 6.45) is 1.96. The van der Waals surface area contributed by atoms with Crippen molar-refractivity contribution < 1.29 is 0 Å². The van der Waals surface area contributed by atoms with Crippen molar-refractivity contribution in [1.82, 2.24) is 4.98 Å². The van der Waals surface area contributed by atoms with E-state index in [0.717, 1.165) is 18.5 Å². The van der Waals surface area contributed by atoms with E-state index in [4.69, 9.17) is 5.73 Å². The van der Waals surface area contributed by atoms with Gasteiger partial charge in [-0.1, -0.05) is 0 Å². The molecule has 0 spiro atoms. The van der Waals surface area contributed by atoms with Crippen LogP contribution in [0.5, 0.6) is 0 Å². The molecule has 64 valence electrons. The first-order valence-electron chi connectivity index (χ1n) is 4.38. The number of aromatic nitrogens is 1. The predicted molar refractivity (Wildman–Crippen MR) is 49.1 cm³/mol. The molecule has 12 heavy (non-hydrogen) atoms. The van der Waals surface area contributed by atoms with Gasteiger partial charge in [-0.15, -0.1) is 0 Å². The van der Waals surface area contributed by atoms with Gasteiger partial charge < -0.3 is 5.73 Å². The quantitative estimate of drug-likeness (QED) is 0.621. The summed E-state index contributed by atoms with van der Waals surface area (Å²) in [5.74, 6) is 0. The van der Waals surface area contributed by atoms with Gasteiger partial charge in [-0.25, -0.2) is 0 Å². The van der Waals surface area contributed by atoms with Crippen LogP contribution in [0.1, 0.15) is 22.5 Å². The highest BCUT2D eigenvalue weighted by Crippen LogP contribution is 2.23. The van der Waals surface area contributed by atoms with Gasteiger partial charge in [0.25, 0.3) is 0 Å². The van der Waals surface area contributed by atoms with Gasteiger partial charge in [0.05, 0.1) is 0 Å². The van der Waals surface area contributed by atoms with Crippen molar-refractivity contribution in [1.29, 1.82) is 0 Å². The van der Waals surface area contributed by atoms with Crippen molar-refractivity contribution in [3.8, 4) is 0 Å². The van der Waals surface area contributed by atoms with E-state index >= 15 is 0 Å². The van der Waals surface area contributed by atoms with Crippen LogP contribution in [0, 0.1) is 13.8 Å². The van der Waals surface area contributed by atoms with Crippen LogP contribution in [0.4, 0.5) is 0 Å². The maximum atomic E-state index is 5.86. The fourth-order valence-electron chi connectivity index (χ4n) is 1.97. The minimum absolute atomic E-state index is 0.299. The minimum atomic E-state index is 0.299. The zero-order valence-corrected chi connectivity index (χ0v) is 7.59. The lowest BCUT2D eigenvalue weighted by atomic mass is 10.1. The Hall–Kier alpha value is -0.890. The summed E-state index contributed by atoms with van der Waals surface area (Å²) in [5, 5.41) is 0. The summed E-state index contributed by atoms with van der Waals surface area (Å²) >= 11 is 0. The number of pyridine rings is 1. The Balaban J connectivity index is 2.52. The van der Waals surface area contributed by atoms with Crippen molar-refractivity contribution in [3.05, 3.63) is 28.6 Å². The minimum Gasteiger partial charge on any atom is -0.327 e. The third-order valence-corrected chi connectivity index (χ3v) is 2.48. The topological polar surface area (TPSA) is 38.9 Å². The van der Waals surface area contributed by atoms with Crippen LogP contribution >= 0.6 is 0 Å². The lowest BCUT2D eigenvalue weighted by molar-refractivity contribution is 0.715. The van der Waals surface area contributed by atoms with E-state index in [-0.39, 0.29) is 0 Å². The molecule has 1 unspecified atom stereocenters. The third kappa shape index (κ3) is 1.12. The van der Waals surface area contributed by atoms with Gasteiger partial charge in [0.1, 0.15) is 0 Å². The summed E-state index contributed by atoms with van der Waals surface area (Å²) < 4.78 is 0. The van der Waals surface area contributed by atoms with Crippen LogP contribution in [-0.4, -0.2) is 11.0 Å². The van der Waals surface area contributed by atoms with E-state index in [1.807, 2.05) is 6.92 Å². The van der Waals surface area contributed by atoms with Gasteiger partial charge in [-0.3, -0.25) is 4.98 Å². The first kappa shape index (κ1) is 7.74. The molecule has 1 aromatic rings. The molecule has 2 rings (SSSR count). The van der Waals surface area contributed by atoms with Gasteiger partial charge >= 0.3 is 0 Å². The molecule has 1 heterocycles. The number of nitrogens with two attached hydrogens (primary N) is 1. The molecule has 1 aromatic heterocycles. The van der Waals surface area contributed by atoms with E-state index in [1.54, 1.807) is 0 Å². The van der Waals surface area contributed by atoms with Crippen LogP contribution in [0.2, 0.25) is 0 Å². The Morgan fingerprint density at radius 1 is 1.42 bits per heavy atom. The number of rotatable bonds is 0. The molecular weight excluding hydrogens is 148 g/mol. The maximum absolute atomic E-state index is 5.86. The molecule has 2 N–H and O–H groups in total. The Kier molecular flexibility index (Phi) is 1.65. The molecule has 0 aliphatic heterocycles. The van der Waals surface area contributed by atoms with Crippen molar-refractivity contribution in [2.45, 2.75) is 32.7 Å². The smallest absolute Gasteiger partial charge is 0.0457 e. The molecule has 0 radical (unpaired) electrons. The van der Waals surface area contributed by atoms with Crippen molar-refractivity contribution in [2.24, 2.45) is 5.73 Å². The van der Waals surface area contributed by atoms with Gasteiger partial charge in [-0.2, -0.15) is 0 Å². The highest BCUT2D eigenvalue weighted by atomic mass is 14.8. The second kappa shape index (κ2) is 2.56. The molecule has 0 fully saturated rings. The highest BCUT2D eigenvalue weighted by molar-refractivity contribution is 5.36. The van der Waals surface area contributed by atoms with E-state index in [0.29, 0.717) is 6.04 Å². The van der Waals surface area contributed by atoms with E-state index < -0.39 is 0 Å². The molecule has 2 nitrogen and oxygen atoms in total. The van der Waals surface area contributed by atoms with Crippen LogP contribution in [0.15, 0.2) is 6.07 Å². The van der Waals surface area contributed by atoms with Gasteiger partial charge in [0.2, 0.25) is 0 Å². The first-order valence-corrected chi connectivity index (χ1v) is 4.38. The summed E-state index contributed by atoms with van der Waals surface area (Å²) in [5.41, 5.74) is 10.9. The SMILES string of the molecule is Cc1cc(C)c2c(n1)CC(N)C2. The molecule has 1 aliphatic carbocycles. The van der Waals surface area contributed by atoms with Gasteiger partial charge in [0.15, 0.2) is 0 Å².